The molecule has 2 atom stereocenters. The molecule has 1 fully saturated rings. The predicted octanol–water partition coefficient (Wildman–Crippen LogP) is 1.54. The lowest BCUT2D eigenvalue weighted by Gasteiger charge is -2.42. The van der Waals surface area contributed by atoms with E-state index in [0.717, 1.165) is 12.8 Å². The summed E-state index contributed by atoms with van der Waals surface area (Å²) in [5, 5.41) is 9.43. The average Bonchev–Trinajstić information content (AvgIpc) is 2.47. The molecule has 0 radical (unpaired) electrons. The summed E-state index contributed by atoms with van der Waals surface area (Å²) in [5.41, 5.74) is 5.56. The molecule has 0 spiro atoms. The van der Waals surface area contributed by atoms with Crippen LogP contribution in [0.3, 0.4) is 0 Å². The van der Waals surface area contributed by atoms with Gasteiger partial charge in [0.15, 0.2) is 0 Å². The lowest BCUT2D eigenvalue weighted by molar-refractivity contribution is -0.161. The highest BCUT2D eigenvalue weighted by Crippen LogP contribution is 2.30. The lowest BCUT2D eigenvalue weighted by Crippen LogP contribution is -2.59. The minimum absolute atomic E-state index is 0.319. The smallest absolute Gasteiger partial charge is 0.329 e. The van der Waals surface area contributed by atoms with E-state index in [-0.39, 0.29) is 5.91 Å². The van der Waals surface area contributed by atoms with E-state index in [2.05, 4.69) is 0 Å². The summed E-state index contributed by atoms with van der Waals surface area (Å²) in [6.45, 7) is 2.05. The Morgan fingerprint density at radius 3 is 2.55 bits per heavy atom. The van der Waals surface area contributed by atoms with Gasteiger partial charge in [-0.2, -0.15) is 0 Å². The molecule has 2 rings (SSSR count). The fraction of sp³-hybridized carbons (Fsp3) is 0.467. The quantitative estimate of drug-likeness (QED) is 0.877. The van der Waals surface area contributed by atoms with Crippen molar-refractivity contribution in [1.82, 2.24) is 4.90 Å². The second-order valence-corrected chi connectivity index (χ2v) is 5.41. The molecular weight excluding hydrogens is 256 g/mol. The van der Waals surface area contributed by atoms with Gasteiger partial charge in [0.05, 0.1) is 0 Å². The van der Waals surface area contributed by atoms with Crippen LogP contribution < -0.4 is 5.73 Å². The zero-order chi connectivity index (χ0) is 14.8. The lowest BCUT2D eigenvalue weighted by atomic mass is 9.87. The number of carboxylic acids is 1. The van der Waals surface area contributed by atoms with Crippen LogP contribution in [0.2, 0.25) is 0 Å². The number of benzene rings is 1. The summed E-state index contributed by atoms with van der Waals surface area (Å²) >= 11 is 0. The highest BCUT2D eigenvalue weighted by atomic mass is 16.4. The van der Waals surface area contributed by atoms with Gasteiger partial charge in [0.25, 0.3) is 0 Å². The monoisotopic (exact) mass is 276 g/mol. The highest BCUT2D eigenvalue weighted by molar-refractivity contribution is 5.90. The first-order valence-electron chi connectivity index (χ1n) is 6.82. The molecule has 20 heavy (non-hydrogen) atoms. The van der Waals surface area contributed by atoms with Crippen molar-refractivity contribution in [3.8, 4) is 0 Å². The Morgan fingerprint density at radius 2 is 1.95 bits per heavy atom. The van der Waals surface area contributed by atoms with Crippen LogP contribution in [-0.4, -0.2) is 34.0 Å². The van der Waals surface area contributed by atoms with E-state index in [1.165, 1.54) is 4.90 Å². The molecule has 1 aromatic carbocycles. The van der Waals surface area contributed by atoms with Crippen molar-refractivity contribution in [3.05, 3.63) is 35.9 Å². The third kappa shape index (κ3) is 2.54. The number of nitrogens with two attached hydrogens (primary N) is 1. The van der Waals surface area contributed by atoms with Gasteiger partial charge in [-0.25, -0.2) is 4.79 Å². The average molecular weight is 276 g/mol. The van der Waals surface area contributed by atoms with Crippen molar-refractivity contribution in [3.63, 3.8) is 0 Å². The zero-order valence-electron chi connectivity index (χ0n) is 11.6. The van der Waals surface area contributed by atoms with E-state index in [0.29, 0.717) is 18.5 Å². The van der Waals surface area contributed by atoms with Crippen molar-refractivity contribution in [2.45, 2.75) is 37.8 Å². The first-order valence-corrected chi connectivity index (χ1v) is 6.82. The van der Waals surface area contributed by atoms with Crippen LogP contribution in [0.25, 0.3) is 0 Å². The van der Waals surface area contributed by atoms with Crippen molar-refractivity contribution >= 4 is 11.9 Å². The van der Waals surface area contributed by atoms with E-state index in [4.69, 9.17) is 5.73 Å². The van der Waals surface area contributed by atoms with E-state index >= 15 is 0 Å². The summed E-state index contributed by atoms with van der Waals surface area (Å²) in [4.78, 5) is 25.5. The summed E-state index contributed by atoms with van der Waals surface area (Å²) in [6, 6.07) is 8.23. The maximum atomic E-state index is 12.6. The summed E-state index contributed by atoms with van der Waals surface area (Å²) in [6.07, 6.45) is 2.10. The number of nitrogens with zero attached hydrogens (tertiary/aromatic N) is 1. The molecule has 0 aliphatic carbocycles. The van der Waals surface area contributed by atoms with Crippen LogP contribution >= 0.6 is 0 Å². The normalized spacial score (nSPS) is 24.2. The van der Waals surface area contributed by atoms with Crippen LogP contribution in [0.15, 0.2) is 30.3 Å². The van der Waals surface area contributed by atoms with Gasteiger partial charge in [0.1, 0.15) is 11.6 Å². The number of carboxylic acid groups (broad SMARTS) is 1. The Hall–Kier alpha value is -1.88. The van der Waals surface area contributed by atoms with Gasteiger partial charge in [-0.05, 0) is 31.7 Å². The molecule has 1 aliphatic heterocycles. The molecule has 5 nitrogen and oxygen atoms in total. The summed E-state index contributed by atoms with van der Waals surface area (Å²) in [7, 11) is 0. The summed E-state index contributed by atoms with van der Waals surface area (Å²) < 4.78 is 0. The number of rotatable bonds is 3. The van der Waals surface area contributed by atoms with Crippen molar-refractivity contribution in [1.29, 1.82) is 0 Å². The highest BCUT2D eigenvalue weighted by Gasteiger charge is 2.45. The topological polar surface area (TPSA) is 83.6 Å². The number of aliphatic carboxylic acids is 1. The van der Waals surface area contributed by atoms with Gasteiger partial charge < -0.3 is 15.7 Å². The zero-order valence-corrected chi connectivity index (χ0v) is 11.6. The first kappa shape index (κ1) is 14.5. The SMILES string of the molecule is CC1(C(=O)O)CCCCN1C(=O)[C@H](N)c1ccccc1. The molecular formula is C15H20N2O3. The third-order valence-corrected chi connectivity index (χ3v) is 4.04. The first-order chi connectivity index (χ1) is 9.47. The minimum atomic E-state index is -1.15. The van der Waals surface area contributed by atoms with Crippen LogP contribution in [0.4, 0.5) is 0 Å². The Morgan fingerprint density at radius 1 is 1.30 bits per heavy atom. The Bertz CT molecular complexity index is 503. The van der Waals surface area contributed by atoms with Gasteiger partial charge in [-0.3, -0.25) is 4.79 Å². The maximum Gasteiger partial charge on any atom is 0.329 e. The van der Waals surface area contributed by atoms with E-state index in [1.54, 1.807) is 19.1 Å². The molecule has 1 amide bonds. The number of hydrogen-bond acceptors (Lipinski definition) is 3. The van der Waals surface area contributed by atoms with E-state index in [9.17, 15) is 14.7 Å². The second-order valence-electron chi connectivity index (χ2n) is 5.41. The molecule has 1 heterocycles. The van der Waals surface area contributed by atoms with E-state index in [1.807, 2.05) is 18.2 Å². The van der Waals surface area contributed by atoms with Crippen molar-refractivity contribution < 1.29 is 14.7 Å². The van der Waals surface area contributed by atoms with Gasteiger partial charge in [-0.1, -0.05) is 30.3 Å². The molecule has 3 N–H and O–H groups in total. The van der Waals surface area contributed by atoms with Gasteiger partial charge in [-0.15, -0.1) is 0 Å². The van der Waals surface area contributed by atoms with Gasteiger partial charge in [0, 0.05) is 6.54 Å². The standard InChI is InChI=1S/C15H20N2O3/c1-15(14(19)20)9-5-6-10-17(15)13(18)12(16)11-7-3-2-4-8-11/h2-4,7-8,12H,5-6,9-10,16H2,1H3,(H,19,20)/t12-,15?/m1/s1. The molecule has 5 heteroatoms. The van der Waals surface area contributed by atoms with Crippen LogP contribution in [0, 0.1) is 0 Å². The Balaban J connectivity index is 2.24. The molecule has 0 aromatic heterocycles. The van der Waals surface area contributed by atoms with Crippen molar-refractivity contribution in [2.75, 3.05) is 6.54 Å². The van der Waals surface area contributed by atoms with Crippen LogP contribution in [0.1, 0.15) is 37.8 Å². The molecule has 1 unspecified atom stereocenters. The number of hydrogen-bond donors (Lipinski definition) is 2. The Labute approximate surface area is 118 Å². The Kier molecular flexibility index (Phi) is 4.09. The molecule has 0 bridgehead atoms. The summed E-state index contributed by atoms with van der Waals surface area (Å²) in [5.74, 6) is -1.29. The third-order valence-electron chi connectivity index (χ3n) is 4.04. The molecule has 1 aliphatic rings. The fourth-order valence-electron chi connectivity index (χ4n) is 2.67. The second kappa shape index (κ2) is 5.63. The fourth-order valence-corrected chi connectivity index (χ4v) is 2.67. The number of carbonyl (C=O) groups excluding carboxylic acids is 1. The van der Waals surface area contributed by atoms with Gasteiger partial charge >= 0.3 is 5.97 Å². The molecule has 0 saturated carbocycles. The molecule has 1 aromatic rings. The maximum absolute atomic E-state index is 12.6. The number of piperidine rings is 1. The van der Waals surface area contributed by atoms with Crippen LogP contribution in [-0.2, 0) is 9.59 Å². The predicted molar refractivity (Wildman–Crippen MR) is 75.0 cm³/mol. The number of carbonyl (C=O) groups is 2. The van der Waals surface area contributed by atoms with Crippen molar-refractivity contribution in [2.24, 2.45) is 5.73 Å². The number of likely N-dealkylation sites (tertiary alicyclic amines) is 1. The molecule has 108 valence electrons. The minimum Gasteiger partial charge on any atom is -0.480 e. The number of amides is 1. The van der Waals surface area contributed by atoms with E-state index < -0.39 is 17.6 Å². The molecule has 1 saturated heterocycles. The largest absolute Gasteiger partial charge is 0.480 e. The van der Waals surface area contributed by atoms with Crippen LogP contribution in [0.5, 0.6) is 0 Å². The van der Waals surface area contributed by atoms with Gasteiger partial charge in [0.2, 0.25) is 5.91 Å².